The van der Waals surface area contributed by atoms with Gasteiger partial charge in [-0.15, -0.1) is 11.3 Å². The molecule has 0 aromatic carbocycles. The topological polar surface area (TPSA) is 68.0 Å². The second kappa shape index (κ2) is 5.23. The SMILES string of the molecule is Cc1nc(CN)sc1CC(=O)NC(C)C. The molecule has 0 saturated carbocycles. The molecule has 15 heavy (non-hydrogen) atoms. The first kappa shape index (κ1) is 12.1. The maximum Gasteiger partial charge on any atom is 0.225 e. The zero-order chi connectivity index (χ0) is 11.4. The molecule has 5 heteroatoms. The fourth-order valence-corrected chi connectivity index (χ4v) is 2.21. The fourth-order valence-electron chi connectivity index (χ4n) is 1.26. The molecule has 0 aliphatic heterocycles. The highest BCUT2D eigenvalue weighted by molar-refractivity contribution is 7.11. The minimum absolute atomic E-state index is 0.0420. The Labute approximate surface area is 93.9 Å². The van der Waals surface area contributed by atoms with Crippen molar-refractivity contribution in [3.05, 3.63) is 15.6 Å². The van der Waals surface area contributed by atoms with Crippen molar-refractivity contribution in [1.82, 2.24) is 10.3 Å². The van der Waals surface area contributed by atoms with E-state index in [-0.39, 0.29) is 11.9 Å². The number of aryl methyl sites for hydroxylation is 1. The summed E-state index contributed by atoms with van der Waals surface area (Å²) in [6, 6.07) is 0.180. The van der Waals surface area contributed by atoms with E-state index in [2.05, 4.69) is 10.3 Å². The number of hydrogen-bond donors (Lipinski definition) is 2. The second-order valence-electron chi connectivity index (χ2n) is 3.72. The van der Waals surface area contributed by atoms with Crippen molar-refractivity contribution in [2.75, 3.05) is 0 Å². The van der Waals surface area contributed by atoms with Gasteiger partial charge in [-0.25, -0.2) is 4.98 Å². The average molecular weight is 227 g/mol. The molecule has 1 amide bonds. The second-order valence-corrected chi connectivity index (χ2v) is 4.89. The van der Waals surface area contributed by atoms with Crippen LogP contribution in [-0.2, 0) is 17.8 Å². The van der Waals surface area contributed by atoms with E-state index in [1.165, 1.54) is 11.3 Å². The van der Waals surface area contributed by atoms with Gasteiger partial charge in [0, 0.05) is 17.5 Å². The highest BCUT2D eigenvalue weighted by Crippen LogP contribution is 2.18. The van der Waals surface area contributed by atoms with Gasteiger partial charge in [0.05, 0.1) is 12.1 Å². The Bertz CT molecular complexity index is 346. The molecular weight excluding hydrogens is 210 g/mol. The minimum Gasteiger partial charge on any atom is -0.354 e. The number of thiazole rings is 1. The smallest absolute Gasteiger partial charge is 0.225 e. The molecule has 0 fully saturated rings. The van der Waals surface area contributed by atoms with Crippen molar-refractivity contribution in [3.63, 3.8) is 0 Å². The van der Waals surface area contributed by atoms with Crippen LogP contribution in [0.3, 0.4) is 0 Å². The molecule has 0 aliphatic carbocycles. The molecule has 1 rings (SSSR count). The van der Waals surface area contributed by atoms with Crippen LogP contribution in [0.2, 0.25) is 0 Å². The molecule has 0 saturated heterocycles. The average Bonchev–Trinajstić information content (AvgIpc) is 2.46. The van der Waals surface area contributed by atoms with E-state index in [0.29, 0.717) is 13.0 Å². The van der Waals surface area contributed by atoms with Gasteiger partial charge in [-0.1, -0.05) is 0 Å². The number of nitrogens with one attached hydrogen (secondary N) is 1. The van der Waals surface area contributed by atoms with Crippen molar-refractivity contribution in [3.8, 4) is 0 Å². The number of carbonyl (C=O) groups excluding carboxylic acids is 1. The Morgan fingerprint density at radius 1 is 1.60 bits per heavy atom. The lowest BCUT2D eigenvalue weighted by Crippen LogP contribution is -2.31. The number of rotatable bonds is 4. The predicted octanol–water partition coefficient (Wildman–Crippen LogP) is 0.977. The van der Waals surface area contributed by atoms with Gasteiger partial charge in [0.25, 0.3) is 0 Å². The zero-order valence-electron chi connectivity index (χ0n) is 9.33. The van der Waals surface area contributed by atoms with Crippen LogP contribution in [0.15, 0.2) is 0 Å². The van der Waals surface area contributed by atoms with Crippen molar-refractivity contribution in [2.45, 2.75) is 39.8 Å². The molecule has 1 aromatic heterocycles. The summed E-state index contributed by atoms with van der Waals surface area (Å²) in [4.78, 5) is 16.8. The number of aromatic nitrogens is 1. The van der Waals surface area contributed by atoms with Crippen molar-refractivity contribution in [1.29, 1.82) is 0 Å². The van der Waals surface area contributed by atoms with Gasteiger partial charge >= 0.3 is 0 Å². The standard InChI is InChI=1S/C10H17N3OS/c1-6(2)12-9(14)4-8-7(3)13-10(5-11)15-8/h6H,4-5,11H2,1-3H3,(H,12,14). The largest absolute Gasteiger partial charge is 0.354 e. The monoisotopic (exact) mass is 227 g/mol. The number of carbonyl (C=O) groups is 1. The highest BCUT2D eigenvalue weighted by atomic mass is 32.1. The van der Waals surface area contributed by atoms with E-state index in [1.807, 2.05) is 20.8 Å². The number of nitrogens with two attached hydrogens (primary N) is 1. The van der Waals surface area contributed by atoms with E-state index in [0.717, 1.165) is 15.6 Å². The maximum absolute atomic E-state index is 11.5. The van der Waals surface area contributed by atoms with Gasteiger partial charge in [0.15, 0.2) is 0 Å². The number of hydrogen-bond acceptors (Lipinski definition) is 4. The van der Waals surface area contributed by atoms with E-state index >= 15 is 0 Å². The summed E-state index contributed by atoms with van der Waals surface area (Å²) in [6.45, 7) is 6.25. The first-order chi connectivity index (χ1) is 7.02. The Balaban J connectivity index is 2.63. The molecule has 0 radical (unpaired) electrons. The van der Waals surface area contributed by atoms with Crippen LogP contribution in [0.1, 0.15) is 29.4 Å². The normalized spacial score (nSPS) is 10.7. The molecule has 1 heterocycles. The first-order valence-electron chi connectivity index (χ1n) is 4.97. The van der Waals surface area contributed by atoms with Gasteiger partial charge in [0.2, 0.25) is 5.91 Å². The van der Waals surface area contributed by atoms with Crippen molar-refractivity contribution >= 4 is 17.2 Å². The quantitative estimate of drug-likeness (QED) is 0.805. The van der Waals surface area contributed by atoms with E-state index < -0.39 is 0 Å². The summed E-state index contributed by atoms with van der Waals surface area (Å²) in [5, 5.41) is 3.74. The summed E-state index contributed by atoms with van der Waals surface area (Å²) in [5.74, 6) is 0.0420. The van der Waals surface area contributed by atoms with Gasteiger partial charge in [-0.2, -0.15) is 0 Å². The molecule has 0 aliphatic rings. The van der Waals surface area contributed by atoms with Crippen LogP contribution in [0.5, 0.6) is 0 Å². The number of nitrogens with zero attached hydrogens (tertiary/aromatic N) is 1. The van der Waals surface area contributed by atoms with Crippen LogP contribution >= 0.6 is 11.3 Å². The molecular formula is C10H17N3OS. The Morgan fingerprint density at radius 3 is 2.73 bits per heavy atom. The van der Waals surface area contributed by atoms with Gasteiger partial charge in [-0.3, -0.25) is 4.79 Å². The lowest BCUT2D eigenvalue weighted by molar-refractivity contribution is -0.120. The van der Waals surface area contributed by atoms with Gasteiger partial charge in [0.1, 0.15) is 5.01 Å². The highest BCUT2D eigenvalue weighted by Gasteiger charge is 2.11. The zero-order valence-corrected chi connectivity index (χ0v) is 10.1. The molecule has 3 N–H and O–H groups in total. The van der Waals surface area contributed by atoms with Crippen LogP contribution < -0.4 is 11.1 Å². The van der Waals surface area contributed by atoms with Crippen LogP contribution in [-0.4, -0.2) is 16.9 Å². The Kier molecular flexibility index (Phi) is 4.23. The third kappa shape index (κ3) is 3.60. The van der Waals surface area contributed by atoms with Crippen LogP contribution in [0.25, 0.3) is 0 Å². The summed E-state index contributed by atoms with van der Waals surface area (Å²) in [7, 11) is 0. The lowest BCUT2D eigenvalue weighted by atomic mass is 10.2. The van der Waals surface area contributed by atoms with E-state index in [4.69, 9.17) is 5.73 Å². The van der Waals surface area contributed by atoms with E-state index in [9.17, 15) is 4.79 Å². The Morgan fingerprint density at radius 2 is 2.27 bits per heavy atom. The molecule has 0 unspecified atom stereocenters. The van der Waals surface area contributed by atoms with E-state index in [1.54, 1.807) is 0 Å². The first-order valence-corrected chi connectivity index (χ1v) is 5.79. The molecule has 0 bridgehead atoms. The minimum atomic E-state index is 0.0420. The third-order valence-corrected chi connectivity index (χ3v) is 3.06. The molecule has 1 aromatic rings. The molecule has 4 nitrogen and oxygen atoms in total. The lowest BCUT2D eigenvalue weighted by Gasteiger charge is -2.06. The molecule has 0 spiro atoms. The molecule has 84 valence electrons. The van der Waals surface area contributed by atoms with Crippen molar-refractivity contribution < 1.29 is 4.79 Å². The van der Waals surface area contributed by atoms with Gasteiger partial charge in [-0.05, 0) is 20.8 Å². The predicted molar refractivity (Wildman–Crippen MR) is 61.7 cm³/mol. The maximum atomic E-state index is 11.5. The summed E-state index contributed by atoms with van der Waals surface area (Å²) < 4.78 is 0. The van der Waals surface area contributed by atoms with Crippen molar-refractivity contribution in [2.24, 2.45) is 5.73 Å². The Hall–Kier alpha value is -0.940. The van der Waals surface area contributed by atoms with Crippen LogP contribution in [0.4, 0.5) is 0 Å². The summed E-state index contributed by atoms with van der Waals surface area (Å²) in [5.41, 5.74) is 6.41. The number of amides is 1. The van der Waals surface area contributed by atoms with Gasteiger partial charge < -0.3 is 11.1 Å². The summed E-state index contributed by atoms with van der Waals surface area (Å²) in [6.07, 6.45) is 0.404. The third-order valence-electron chi connectivity index (χ3n) is 1.88. The summed E-state index contributed by atoms with van der Waals surface area (Å²) >= 11 is 1.52. The van der Waals surface area contributed by atoms with Crippen LogP contribution in [0, 0.1) is 6.92 Å². The fraction of sp³-hybridized carbons (Fsp3) is 0.600. The molecule has 0 atom stereocenters.